The van der Waals surface area contributed by atoms with Crippen molar-refractivity contribution in [1.29, 1.82) is 0 Å². The van der Waals surface area contributed by atoms with Crippen molar-refractivity contribution < 1.29 is 13.2 Å². The number of allylic oxidation sites excluding steroid dienone is 1. The van der Waals surface area contributed by atoms with Gasteiger partial charge in [-0.1, -0.05) is 48.0 Å². The van der Waals surface area contributed by atoms with Gasteiger partial charge in [-0.15, -0.1) is 0 Å². The first-order valence-electron chi connectivity index (χ1n) is 6.81. The number of rotatable bonds is 3. The first-order chi connectivity index (χ1) is 9.65. The average Bonchev–Trinajstić information content (AvgIpc) is 2.42. The molecule has 2 rings (SSSR count). The van der Waals surface area contributed by atoms with Gasteiger partial charge in [0.15, 0.2) is 15.6 Å². The normalized spacial score (nSPS) is 22.5. The number of alkyl halides is 1. The largest absolute Gasteiger partial charge is 0.293 e. The van der Waals surface area contributed by atoms with E-state index in [1.54, 1.807) is 37.3 Å². The van der Waals surface area contributed by atoms with Gasteiger partial charge in [0, 0.05) is 0 Å². The smallest absolute Gasteiger partial charge is 0.182 e. The van der Waals surface area contributed by atoms with E-state index in [0.29, 0.717) is 16.9 Å². The van der Waals surface area contributed by atoms with Crippen molar-refractivity contribution >= 4 is 31.6 Å². The summed E-state index contributed by atoms with van der Waals surface area (Å²) in [4.78, 5) is 12.2. The fourth-order valence-electron chi connectivity index (χ4n) is 2.76. The van der Waals surface area contributed by atoms with Crippen LogP contribution in [0.4, 0.5) is 0 Å². The van der Waals surface area contributed by atoms with Crippen molar-refractivity contribution in [3.63, 3.8) is 0 Å². The highest BCUT2D eigenvalue weighted by atomic mass is 79.9. The van der Waals surface area contributed by atoms with E-state index >= 15 is 0 Å². The molecule has 1 aliphatic carbocycles. The number of Topliss-reactive ketones (excluding diaryl/α,β-unsaturated/α-hetero) is 1. The lowest BCUT2D eigenvalue weighted by Crippen LogP contribution is -2.35. The van der Waals surface area contributed by atoms with Crippen LogP contribution in [0, 0.1) is 5.41 Å². The molecule has 1 atom stereocenters. The average molecular weight is 371 g/mol. The van der Waals surface area contributed by atoms with Gasteiger partial charge in [0.1, 0.15) is 0 Å². The minimum atomic E-state index is -3.43. The van der Waals surface area contributed by atoms with E-state index in [2.05, 4.69) is 15.9 Å². The number of hydrogen-bond acceptors (Lipinski definition) is 3. The molecule has 114 valence electrons. The van der Waals surface area contributed by atoms with E-state index < -0.39 is 9.84 Å². The van der Waals surface area contributed by atoms with E-state index in [9.17, 15) is 13.2 Å². The van der Waals surface area contributed by atoms with Gasteiger partial charge in [0.2, 0.25) is 0 Å². The highest BCUT2D eigenvalue weighted by Gasteiger charge is 2.39. The maximum atomic E-state index is 12.6. The van der Waals surface area contributed by atoms with Gasteiger partial charge >= 0.3 is 0 Å². The predicted molar refractivity (Wildman–Crippen MR) is 87.3 cm³/mol. The van der Waals surface area contributed by atoms with Crippen LogP contribution in [-0.4, -0.2) is 24.8 Å². The second kappa shape index (κ2) is 5.69. The molecule has 5 heteroatoms. The lowest BCUT2D eigenvalue weighted by atomic mass is 9.73. The van der Waals surface area contributed by atoms with E-state index in [4.69, 9.17) is 0 Å². The zero-order valence-electron chi connectivity index (χ0n) is 12.4. The lowest BCUT2D eigenvalue weighted by molar-refractivity contribution is -0.116. The van der Waals surface area contributed by atoms with Gasteiger partial charge in [-0.25, -0.2) is 8.42 Å². The summed E-state index contributed by atoms with van der Waals surface area (Å²) in [7, 11) is -3.43. The molecule has 0 aliphatic heterocycles. The first-order valence-corrected chi connectivity index (χ1v) is 9.38. The monoisotopic (exact) mass is 370 g/mol. The van der Waals surface area contributed by atoms with Crippen LogP contribution < -0.4 is 0 Å². The Labute approximate surface area is 134 Å². The fourth-order valence-corrected chi connectivity index (χ4v) is 5.64. The maximum Gasteiger partial charge on any atom is 0.182 e. The molecule has 0 amide bonds. The summed E-state index contributed by atoms with van der Waals surface area (Å²) in [6.45, 7) is 5.72. The summed E-state index contributed by atoms with van der Waals surface area (Å²) < 4.78 is 25.1. The molecule has 21 heavy (non-hydrogen) atoms. The topological polar surface area (TPSA) is 51.2 Å². The number of carbonyl (C=O) groups excluding carboxylic acids is 1. The molecule has 1 aromatic rings. The van der Waals surface area contributed by atoms with Gasteiger partial charge in [0.25, 0.3) is 0 Å². The molecule has 0 radical (unpaired) electrons. The Morgan fingerprint density at radius 1 is 1.24 bits per heavy atom. The van der Waals surface area contributed by atoms with Crippen LogP contribution in [0.3, 0.4) is 0 Å². The molecule has 0 saturated heterocycles. The SMILES string of the molecule is CC1=C(CS(=O)(=O)c2ccccc2)C(C)(C)CC(Br)C1=O. The van der Waals surface area contributed by atoms with E-state index in [0.717, 1.165) is 5.57 Å². The van der Waals surface area contributed by atoms with Crippen LogP contribution in [0.2, 0.25) is 0 Å². The summed E-state index contributed by atoms with van der Waals surface area (Å²) in [5.41, 5.74) is 0.994. The van der Waals surface area contributed by atoms with Gasteiger partial charge in [0.05, 0.1) is 15.5 Å². The standard InChI is InChI=1S/C16H19BrO3S/c1-11-13(16(2,3)9-14(17)15(11)18)10-21(19,20)12-7-5-4-6-8-12/h4-8,14H,9-10H2,1-3H3. The van der Waals surface area contributed by atoms with E-state index in [1.807, 2.05) is 13.8 Å². The molecule has 0 spiro atoms. The third-order valence-corrected chi connectivity index (χ3v) is 6.45. The van der Waals surface area contributed by atoms with Crippen molar-refractivity contribution in [2.24, 2.45) is 5.41 Å². The van der Waals surface area contributed by atoms with Crippen molar-refractivity contribution in [2.75, 3.05) is 5.75 Å². The summed E-state index contributed by atoms with van der Waals surface area (Å²) in [6, 6.07) is 8.39. The van der Waals surface area contributed by atoms with Gasteiger partial charge in [-0.3, -0.25) is 4.79 Å². The van der Waals surface area contributed by atoms with Crippen LogP contribution in [0.1, 0.15) is 27.2 Å². The molecule has 0 heterocycles. The minimum Gasteiger partial charge on any atom is -0.293 e. The first kappa shape index (κ1) is 16.4. The Kier molecular flexibility index (Phi) is 4.45. The van der Waals surface area contributed by atoms with Crippen LogP contribution in [-0.2, 0) is 14.6 Å². The maximum absolute atomic E-state index is 12.6. The van der Waals surface area contributed by atoms with Crippen molar-refractivity contribution in [3.8, 4) is 0 Å². The molecule has 0 N–H and O–H groups in total. The predicted octanol–water partition coefficient (Wildman–Crippen LogP) is 3.54. The lowest BCUT2D eigenvalue weighted by Gasteiger charge is -2.36. The molecule has 0 saturated carbocycles. The summed E-state index contributed by atoms with van der Waals surface area (Å²) in [6.07, 6.45) is 0.614. The van der Waals surface area contributed by atoms with Crippen LogP contribution in [0.15, 0.2) is 46.4 Å². The Bertz CT molecular complexity index is 687. The highest BCUT2D eigenvalue weighted by Crippen LogP contribution is 2.42. The highest BCUT2D eigenvalue weighted by molar-refractivity contribution is 9.10. The quantitative estimate of drug-likeness (QED) is 0.764. The fraction of sp³-hybridized carbons (Fsp3) is 0.438. The summed E-state index contributed by atoms with van der Waals surface area (Å²) in [5.74, 6) is -0.103. The van der Waals surface area contributed by atoms with E-state index in [-0.39, 0.29) is 21.8 Å². The van der Waals surface area contributed by atoms with E-state index in [1.165, 1.54) is 0 Å². The Morgan fingerprint density at radius 3 is 2.38 bits per heavy atom. The van der Waals surface area contributed by atoms with Crippen molar-refractivity contribution in [2.45, 2.75) is 36.9 Å². The number of ketones is 1. The molecular formula is C16H19BrO3S. The molecule has 0 fully saturated rings. The third-order valence-electron chi connectivity index (χ3n) is 4.05. The van der Waals surface area contributed by atoms with Gasteiger partial charge in [-0.2, -0.15) is 0 Å². The number of benzene rings is 1. The second-order valence-electron chi connectivity index (χ2n) is 6.10. The molecule has 1 unspecified atom stereocenters. The summed E-state index contributed by atoms with van der Waals surface area (Å²) in [5, 5.41) is 0. The van der Waals surface area contributed by atoms with Crippen LogP contribution in [0.25, 0.3) is 0 Å². The molecule has 0 aromatic heterocycles. The number of sulfone groups is 1. The second-order valence-corrected chi connectivity index (χ2v) is 9.19. The molecular weight excluding hydrogens is 352 g/mol. The number of hydrogen-bond donors (Lipinski definition) is 0. The number of halogens is 1. The number of carbonyl (C=O) groups is 1. The zero-order chi connectivity index (χ0) is 15.8. The van der Waals surface area contributed by atoms with Gasteiger partial charge < -0.3 is 0 Å². The Morgan fingerprint density at radius 2 is 1.81 bits per heavy atom. The molecule has 0 bridgehead atoms. The third kappa shape index (κ3) is 3.29. The van der Waals surface area contributed by atoms with Crippen molar-refractivity contribution in [3.05, 3.63) is 41.5 Å². The summed E-state index contributed by atoms with van der Waals surface area (Å²) >= 11 is 3.39. The van der Waals surface area contributed by atoms with Gasteiger partial charge in [-0.05, 0) is 42.0 Å². The van der Waals surface area contributed by atoms with Crippen LogP contribution >= 0.6 is 15.9 Å². The Balaban J connectivity index is 2.44. The van der Waals surface area contributed by atoms with Crippen molar-refractivity contribution in [1.82, 2.24) is 0 Å². The molecule has 1 aromatic carbocycles. The molecule has 1 aliphatic rings. The van der Waals surface area contributed by atoms with Crippen LogP contribution in [0.5, 0.6) is 0 Å². The Hall–Kier alpha value is -0.940. The zero-order valence-corrected chi connectivity index (χ0v) is 14.8. The minimum absolute atomic E-state index is 0.00686. The molecule has 3 nitrogen and oxygen atoms in total.